The summed E-state index contributed by atoms with van der Waals surface area (Å²) in [7, 11) is -2.30. The first-order chi connectivity index (χ1) is 28.7. The third-order valence-electron chi connectivity index (χ3n) is 11.3. The predicted molar refractivity (Wildman–Crippen MR) is 248 cm³/mol. The highest BCUT2D eigenvalue weighted by Crippen LogP contribution is 2.43. The number of anilines is 2. The van der Waals surface area contributed by atoms with Gasteiger partial charge in [-0.25, -0.2) is 17.3 Å². The van der Waals surface area contributed by atoms with Crippen LogP contribution >= 0.6 is 23.4 Å². The van der Waals surface area contributed by atoms with Crippen molar-refractivity contribution in [2.45, 2.75) is 73.6 Å². The van der Waals surface area contributed by atoms with Gasteiger partial charge in [0.1, 0.15) is 0 Å². The lowest BCUT2D eigenvalue weighted by Crippen LogP contribution is -2.47. The van der Waals surface area contributed by atoms with E-state index in [4.69, 9.17) is 11.6 Å². The van der Waals surface area contributed by atoms with Crippen molar-refractivity contribution in [3.63, 3.8) is 0 Å². The standard InChI is InChI=1S/C46H58ClN5O5S3/c1-5-24-50(4)25-22-38(33-58-40-9-7-6-8-10-40)48-43-20-19-41(30-44(43)59(54)55)60(56,57)49-45(53)35-13-17-39(18-14-35)52-28-26-51(27-29-52)32-36-31-46(2,3)23-21-42(36)34-11-15-37(47)16-12-34/h6-20,30,38,48H,5,21-29,31-33H2,1-4H3,(H,49,53)(H,54,55)/t38-/m1/s1. The van der Waals surface area contributed by atoms with E-state index < -0.39 is 27.0 Å². The van der Waals surface area contributed by atoms with Crippen molar-refractivity contribution < 1.29 is 22.0 Å². The van der Waals surface area contributed by atoms with E-state index >= 15 is 0 Å². The lowest BCUT2D eigenvalue weighted by Gasteiger charge is -2.39. The molecule has 0 bridgehead atoms. The van der Waals surface area contributed by atoms with E-state index in [0.29, 0.717) is 11.4 Å². The van der Waals surface area contributed by atoms with E-state index in [2.05, 4.69) is 64.7 Å². The Labute approximate surface area is 368 Å². The van der Waals surface area contributed by atoms with Crippen molar-refractivity contribution in [1.29, 1.82) is 0 Å². The van der Waals surface area contributed by atoms with E-state index in [1.807, 2.05) is 54.6 Å². The number of carbonyl (C=O) groups excluding carboxylic acids is 1. The number of hydrogen-bond donors (Lipinski definition) is 3. The fourth-order valence-corrected chi connectivity index (χ4v) is 10.7. The Morgan fingerprint density at radius 3 is 2.33 bits per heavy atom. The van der Waals surface area contributed by atoms with Gasteiger partial charge in [0.2, 0.25) is 0 Å². The number of thioether (sulfide) groups is 1. The van der Waals surface area contributed by atoms with Crippen LogP contribution in [0.2, 0.25) is 5.02 Å². The highest BCUT2D eigenvalue weighted by atomic mass is 35.5. The third-order valence-corrected chi connectivity index (χ3v) is 14.8. The summed E-state index contributed by atoms with van der Waals surface area (Å²) in [6.07, 6.45) is 5.09. The maximum atomic E-state index is 13.5. The molecule has 6 rings (SSSR count). The monoisotopic (exact) mass is 891 g/mol. The number of hydrogen-bond acceptors (Lipinski definition) is 9. The molecular weight excluding hydrogens is 834 g/mol. The van der Waals surface area contributed by atoms with E-state index in [1.54, 1.807) is 23.9 Å². The number of carbonyl (C=O) groups is 1. The molecule has 1 fully saturated rings. The summed E-state index contributed by atoms with van der Waals surface area (Å²) in [5.74, 6) is -0.0921. The Hall–Kier alpha value is -3.69. The van der Waals surface area contributed by atoms with E-state index in [9.17, 15) is 22.0 Å². The lowest BCUT2D eigenvalue weighted by molar-refractivity contribution is 0.0981. The topological polar surface area (TPSA) is 122 Å². The average molecular weight is 893 g/mol. The Morgan fingerprint density at radius 2 is 1.67 bits per heavy atom. The van der Waals surface area contributed by atoms with Gasteiger partial charge in [-0.05, 0) is 136 Å². The summed E-state index contributed by atoms with van der Waals surface area (Å²) >= 11 is 5.38. The van der Waals surface area contributed by atoms with Crippen LogP contribution in [0.1, 0.15) is 68.8 Å². The number of rotatable bonds is 18. The van der Waals surface area contributed by atoms with Crippen molar-refractivity contribution in [3.8, 4) is 0 Å². The van der Waals surface area contributed by atoms with Gasteiger partial charge in [0.05, 0.1) is 15.5 Å². The predicted octanol–water partition coefficient (Wildman–Crippen LogP) is 9.13. The highest BCUT2D eigenvalue weighted by Gasteiger charge is 2.30. The van der Waals surface area contributed by atoms with Crippen molar-refractivity contribution in [2.24, 2.45) is 5.41 Å². The number of piperazine rings is 1. The molecule has 1 aliphatic carbocycles. The van der Waals surface area contributed by atoms with Crippen LogP contribution in [0.15, 0.2) is 117 Å². The molecule has 1 unspecified atom stereocenters. The molecule has 60 heavy (non-hydrogen) atoms. The summed E-state index contributed by atoms with van der Waals surface area (Å²) in [6.45, 7) is 13.0. The van der Waals surface area contributed by atoms with E-state index in [1.165, 1.54) is 28.8 Å². The minimum Gasteiger partial charge on any atom is -0.380 e. The molecule has 322 valence electrons. The van der Waals surface area contributed by atoms with Gasteiger partial charge >= 0.3 is 0 Å². The molecule has 14 heteroatoms. The molecule has 2 atom stereocenters. The molecule has 0 radical (unpaired) electrons. The summed E-state index contributed by atoms with van der Waals surface area (Å²) < 4.78 is 52.0. The Bertz CT molecular complexity index is 2230. The van der Waals surface area contributed by atoms with Crippen molar-refractivity contribution in [3.05, 3.63) is 119 Å². The third kappa shape index (κ3) is 12.7. The SMILES string of the molecule is CCCN(C)CC[C@H](CSc1ccccc1)Nc1ccc(S(=O)(=O)NC(=O)c2ccc(N3CCN(CC4=C(c5ccc(Cl)cc5)CCC(C)(C)C4)CC3)cc2)cc1S(=O)O. The van der Waals surface area contributed by atoms with Crippen LogP contribution in [-0.2, 0) is 21.1 Å². The van der Waals surface area contributed by atoms with E-state index in [-0.39, 0.29) is 26.8 Å². The zero-order chi connectivity index (χ0) is 42.9. The zero-order valence-electron chi connectivity index (χ0n) is 35.0. The summed E-state index contributed by atoms with van der Waals surface area (Å²) in [6, 6.07) is 29.1. The van der Waals surface area contributed by atoms with Gasteiger partial charge in [0.15, 0.2) is 11.1 Å². The molecule has 1 saturated heterocycles. The molecule has 1 heterocycles. The normalized spacial score (nSPS) is 17.1. The van der Waals surface area contributed by atoms with Crippen molar-refractivity contribution in [2.75, 3.05) is 68.8 Å². The number of halogens is 1. The second kappa shape index (κ2) is 20.9. The van der Waals surface area contributed by atoms with Crippen LogP contribution < -0.4 is 14.9 Å². The van der Waals surface area contributed by atoms with Gasteiger partial charge in [-0.3, -0.25) is 9.69 Å². The molecule has 2 aliphatic rings. The van der Waals surface area contributed by atoms with Crippen molar-refractivity contribution >= 4 is 67.3 Å². The van der Waals surface area contributed by atoms with Gasteiger partial charge in [0, 0.05) is 65.7 Å². The Kier molecular flexibility index (Phi) is 16.0. The van der Waals surface area contributed by atoms with Crippen LogP contribution in [0.5, 0.6) is 0 Å². The first-order valence-electron chi connectivity index (χ1n) is 20.7. The van der Waals surface area contributed by atoms with Gasteiger partial charge in [0.25, 0.3) is 15.9 Å². The first-order valence-corrected chi connectivity index (χ1v) is 24.6. The second-order valence-electron chi connectivity index (χ2n) is 16.6. The van der Waals surface area contributed by atoms with Crippen LogP contribution in [0.25, 0.3) is 5.57 Å². The molecule has 4 aromatic rings. The maximum absolute atomic E-state index is 13.5. The van der Waals surface area contributed by atoms with Gasteiger partial charge in [-0.2, -0.15) is 0 Å². The molecule has 0 saturated carbocycles. The zero-order valence-corrected chi connectivity index (χ0v) is 38.2. The van der Waals surface area contributed by atoms with Crippen molar-refractivity contribution in [1.82, 2.24) is 14.5 Å². The number of benzene rings is 4. The fourth-order valence-electron chi connectivity index (χ4n) is 8.00. The molecule has 0 aromatic heterocycles. The average Bonchev–Trinajstić information content (AvgIpc) is 3.22. The maximum Gasteiger partial charge on any atom is 0.264 e. The number of sulfonamides is 1. The number of amides is 1. The van der Waals surface area contributed by atoms with Gasteiger partial charge in [-0.15, -0.1) is 11.8 Å². The molecule has 4 aromatic carbocycles. The lowest BCUT2D eigenvalue weighted by atomic mass is 9.73. The highest BCUT2D eigenvalue weighted by molar-refractivity contribution is 7.99. The first kappa shape index (κ1) is 45.8. The quantitative estimate of drug-likeness (QED) is 0.0659. The fraction of sp³-hybridized carbons (Fsp3) is 0.413. The summed E-state index contributed by atoms with van der Waals surface area (Å²) in [4.78, 5) is 21.1. The number of nitrogens with zero attached hydrogens (tertiary/aromatic N) is 3. The Morgan fingerprint density at radius 1 is 0.967 bits per heavy atom. The molecule has 10 nitrogen and oxygen atoms in total. The van der Waals surface area contributed by atoms with E-state index in [0.717, 1.165) is 99.6 Å². The molecule has 0 spiro atoms. The molecule has 1 amide bonds. The second-order valence-corrected chi connectivity index (χ2v) is 20.8. The van der Waals surface area contributed by atoms with Crippen LogP contribution in [-0.4, -0.2) is 97.5 Å². The van der Waals surface area contributed by atoms with Gasteiger partial charge in [-0.1, -0.05) is 68.3 Å². The Balaban J connectivity index is 1.07. The minimum absolute atomic E-state index is 0.0762. The minimum atomic E-state index is -4.37. The van der Waals surface area contributed by atoms with Crippen LogP contribution in [0.3, 0.4) is 0 Å². The molecular formula is C46H58ClN5O5S3. The smallest absolute Gasteiger partial charge is 0.264 e. The summed E-state index contributed by atoms with van der Waals surface area (Å²) in [5, 5.41) is 4.16. The number of nitrogens with one attached hydrogen (secondary N) is 2. The molecule has 1 aliphatic heterocycles. The van der Waals surface area contributed by atoms with Crippen LogP contribution in [0, 0.1) is 5.41 Å². The van der Waals surface area contributed by atoms with Gasteiger partial charge < -0.3 is 19.7 Å². The summed E-state index contributed by atoms with van der Waals surface area (Å²) in [5.41, 5.74) is 6.00. The number of allylic oxidation sites excluding steroid dienone is 1. The largest absolute Gasteiger partial charge is 0.380 e. The molecule has 3 N–H and O–H groups in total. The van der Waals surface area contributed by atoms with Crippen LogP contribution in [0.4, 0.5) is 11.4 Å².